The molecule has 0 aliphatic heterocycles. The Labute approximate surface area is 167 Å². The molecule has 154 valence electrons. The molecule has 0 spiro atoms. The topological polar surface area (TPSA) is 152 Å². The van der Waals surface area contributed by atoms with Crippen LogP contribution in [-0.2, 0) is 25.6 Å². The Morgan fingerprint density at radius 1 is 1.28 bits per heavy atom. The van der Waals surface area contributed by atoms with E-state index < -0.39 is 35.1 Å². The molecule has 1 aromatic heterocycles. The zero-order valence-electron chi connectivity index (χ0n) is 16.2. The molecule has 2 rings (SSSR count). The number of aliphatic carboxylic acids is 1. The molecule has 2 aromatic rings. The van der Waals surface area contributed by atoms with Gasteiger partial charge in [-0.1, -0.05) is 18.2 Å². The van der Waals surface area contributed by atoms with Crippen molar-refractivity contribution < 1.29 is 24.3 Å². The van der Waals surface area contributed by atoms with Crippen LogP contribution in [0, 0.1) is 5.41 Å². The summed E-state index contributed by atoms with van der Waals surface area (Å²) < 4.78 is 0. The molecule has 29 heavy (non-hydrogen) atoms. The smallest absolute Gasteiger partial charge is 0.326 e. The molecule has 2 amide bonds. The predicted molar refractivity (Wildman–Crippen MR) is 107 cm³/mol. The van der Waals surface area contributed by atoms with E-state index in [2.05, 4.69) is 15.6 Å². The van der Waals surface area contributed by atoms with Crippen LogP contribution in [0.2, 0.25) is 0 Å². The van der Waals surface area contributed by atoms with Crippen LogP contribution in [0.5, 0.6) is 0 Å². The zero-order chi connectivity index (χ0) is 21.6. The monoisotopic (exact) mass is 400 g/mol. The number of carbonyl (C=O) groups is 4. The van der Waals surface area contributed by atoms with E-state index in [1.54, 1.807) is 6.20 Å². The van der Waals surface area contributed by atoms with Crippen molar-refractivity contribution in [1.29, 1.82) is 5.41 Å². The lowest BCUT2D eigenvalue weighted by atomic mass is 9.90. The van der Waals surface area contributed by atoms with Crippen molar-refractivity contribution in [3.05, 3.63) is 36.0 Å². The highest BCUT2D eigenvalue weighted by atomic mass is 16.4. The number of carboxylic acids is 1. The van der Waals surface area contributed by atoms with Gasteiger partial charge in [0.15, 0.2) is 5.78 Å². The summed E-state index contributed by atoms with van der Waals surface area (Å²) >= 11 is 0. The lowest BCUT2D eigenvalue weighted by Gasteiger charge is -2.30. The minimum absolute atomic E-state index is 0.133. The van der Waals surface area contributed by atoms with Gasteiger partial charge >= 0.3 is 5.97 Å². The van der Waals surface area contributed by atoms with Gasteiger partial charge in [-0.05, 0) is 25.0 Å². The molecule has 0 aliphatic carbocycles. The van der Waals surface area contributed by atoms with Gasteiger partial charge in [0.05, 0.1) is 6.21 Å². The number of amides is 2. The predicted octanol–water partition coefficient (Wildman–Crippen LogP) is 1.17. The Morgan fingerprint density at radius 3 is 2.59 bits per heavy atom. The average Bonchev–Trinajstić information content (AvgIpc) is 3.06. The molecule has 2 atom stereocenters. The number of Topliss-reactive ketones (excluding diaryl/α,β-unsaturated/α-hetero) is 1. The van der Waals surface area contributed by atoms with E-state index in [9.17, 15) is 24.3 Å². The first-order valence-electron chi connectivity index (χ1n) is 9.07. The van der Waals surface area contributed by atoms with Crippen LogP contribution in [-0.4, -0.2) is 51.5 Å². The minimum Gasteiger partial charge on any atom is -0.480 e. The Hall–Kier alpha value is -3.49. The summed E-state index contributed by atoms with van der Waals surface area (Å²) in [6, 6.07) is 6.18. The SMILES string of the molecule is CC(=O)N[C@](C)(Cc1c[nH]c2ccccc12)C(=O)N[C@@H](CCC(=O)C=N)C(=O)O. The fourth-order valence-corrected chi connectivity index (χ4v) is 3.16. The van der Waals surface area contributed by atoms with Crippen LogP contribution in [0.3, 0.4) is 0 Å². The van der Waals surface area contributed by atoms with Gasteiger partial charge in [-0.3, -0.25) is 14.4 Å². The first-order valence-corrected chi connectivity index (χ1v) is 9.07. The highest BCUT2D eigenvalue weighted by Gasteiger charge is 2.37. The number of aromatic nitrogens is 1. The largest absolute Gasteiger partial charge is 0.480 e. The first-order chi connectivity index (χ1) is 13.7. The Kier molecular flexibility index (Phi) is 6.87. The summed E-state index contributed by atoms with van der Waals surface area (Å²) in [5, 5.41) is 22.2. The lowest BCUT2D eigenvalue weighted by molar-refractivity contribution is -0.143. The molecule has 0 aliphatic rings. The summed E-state index contributed by atoms with van der Waals surface area (Å²) in [6.07, 6.45) is 2.15. The van der Waals surface area contributed by atoms with Crippen molar-refractivity contribution in [2.24, 2.45) is 0 Å². The Morgan fingerprint density at radius 2 is 1.97 bits per heavy atom. The molecule has 0 bridgehead atoms. The van der Waals surface area contributed by atoms with E-state index in [0.717, 1.165) is 16.5 Å². The van der Waals surface area contributed by atoms with E-state index >= 15 is 0 Å². The molecule has 0 saturated carbocycles. The van der Waals surface area contributed by atoms with E-state index in [1.807, 2.05) is 24.3 Å². The fourth-order valence-electron chi connectivity index (χ4n) is 3.16. The second-order valence-corrected chi connectivity index (χ2v) is 7.06. The summed E-state index contributed by atoms with van der Waals surface area (Å²) in [5.74, 6) is -2.94. The number of benzene rings is 1. The van der Waals surface area contributed by atoms with E-state index in [0.29, 0.717) is 6.21 Å². The number of para-hydroxylation sites is 1. The molecule has 9 nitrogen and oxygen atoms in total. The van der Waals surface area contributed by atoms with Crippen molar-refractivity contribution in [3.63, 3.8) is 0 Å². The molecule has 0 radical (unpaired) electrons. The van der Waals surface area contributed by atoms with Crippen LogP contribution < -0.4 is 10.6 Å². The molecule has 9 heteroatoms. The van der Waals surface area contributed by atoms with Gasteiger partial charge in [-0.15, -0.1) is 0 Å². The quantitative estimate of drug-likeness (QED) is 0.379. The molecule has 1 heterocycles. The van der Waals surface area contributed by atoms with Gasteiger partial charge in [-0.25, -0.2) is 4.79 Å². The normalized spacial score (nSPS) is 13.9. The summed E-state index contributed by atoms with van der Waals surface area (Å²) in [4.78, 5) is 50.6. The minimum atomic E-state index is -1.41. The standard InChI is InChI=1S/C20H24N4O5/c1-12(25)24-20(2,9-13-11-22-16-6-4-3-5-15(13)16)19(29)23-17(18(27)28)8-7-14(26)10-21/h3-6,10-11,17,21-22H,7-9H2,1-2H3,(H,23,29)(H,24,25)(H,27,28)/t17-,20+/m0/s1. The third-order valence-corrected chi connectivity index (χ3v) is 4.62. The number of nitrogens with one attached hydrogen (secondary N) is 4. The molecule has 0 fully saturated rings. The fraction of sp³-hybridized carbons (Fsp3) is 0.350. The number of hydrogen-bond acceptors (Lipinski definition) is 5. The number of fused-ring (bicyclic) bond motifs is 1. The van der Waals surface area contributed by atoms with Crippen molar-refractivity contribution in [2.45, 2.75) is 44.7 Å². The summed E-state index contributed by atoms with van der Waals surface area (Å²) in [7, 11) is 0. The highest BCUT2D eigenvalue weighted by Crippen LogP contribution is 2.23. The number of ketones is 1. The number of aromatic amines is 1. The highest BCUT2D eigenvalue weighted by molar-refractivity contribution is 6.26. The van der Waals surface area contributed by atoms with Crippen molar-refractivity contribution in [1.82, 2.24) is 15.6 Å². The van der Waals surface area contributed by atoms with Gasteiger partial charge in [0.25, 0.3) is 0 Å². The Bertz CT molecular complexity index is 951. The van der Waals surface area contributed by atoms with Gasteiger partial charge in [-0.2, -0.15) is 0 Å². The first kappa shape index (κ1) is 21.8. The van der Waals surface area contributed by atoms with Crippen molar-refractivity contribution >= 4 is 40.7 Å². The van der Waals surface area contributed by atoms with E-state index in [1.165, 1.54) is 13.8 Å². The van der Waals surface area contributed by atoms with Crippen LogP contribution in [0.25, 0.3) is 10.9 Å². The van der Waals surface area contributed by atoms with Crippen molar-refractivity contribution in [3.8, 4) is 0 Å². The molecular formula is C20H24N4O5. The van der Waals surface area contributed by atoms with Crippen LogP contribution in [0.4, 0.5) is 0 Å². The van der Waals surface area contributed by atoms with Gasteiger partial charge < -0.3 is 26.1 Å². The number of carboxylic acid groups (broad SMARTS) is 1. The van der Waals surface area contributed by atoms with Crippen LogP contribution in [0.15, 0.2) is 30.5 Å². The van der Waals surface area contributed by atoms with E-state index in [4.69, 9.17) is 5.41 Å². The van der Waals surface area contributed by atoms with Gasteiger partial charge in [0.1, 0.15) is 11.6 Å². The third kappa shape index (κ3) is 5.50. The maximum absolute atomic E-state index is 13.0. The maximum atomic E-state index is 13.0. The Balaban J connectivity index is 2.25. The second-order valence-electron chi connectivity index (χ2n) is 7.06. The van der Waals surface area contributed by atoms with Crippen LogP contribution >= 0.6 is 0 Å². The van der Waals surface area contributed by atoms with Crippen LogP contribution in [0.1, 0.15) is 32.3 Å². The maximum Gasteiger partial charge on any atom is 0.326 e. The summed E-state index contributed by atoms with van der Waals surface area (Å²) in [5.41, 5.74) is 0.260. The van der Waals surface area contributed by atoms with Gasteiger partial charge in [0.2, 0.25) is 11.8 Å². The average molecular weight is 400 g/mol. The number of carbonyl (C=O) groups excluding carboxylic acids is 3. The number of rotatable bonds is 10. The zero-order valence-corrected chi connectivity index (χ0v) is 16.2. The number of hydrogen-bond donors (Lipinski definition) is 5. The second kappa shape index (κ2) is 9.13. The number of H-pyrrole nitrogens is 1. The summed E-state index contributed by atoms with van der Waals surface area (Å²) in [6.45, 7) is 2.80. The van der Waals surface area contributed by atoms with E-state index in [-0.39, 0.29) is 19.3 Å². The molecule has 0 saturated heterocycles. The molecule has 1 aromatic carbocycles. The van der Waals surface area contributed by atoms with Crippen molar-refractivity contribution in [2.75, 3.05) is 0 Å². The molecule has 0 unspecified atom stereocenters. The van der Waals surface area contributed by atoms with Gasteiger partial charge in [0, 0.05) is 36.9 Å². The lowest BCUT2D eigenvalue weighted by Crippen LogP contribution is -2.60. The molecular weight excluding hydrogens is 376 g/mol. The molecule has 5 N–H and O–H groups in total. The third-order valence-electron chi connectivity index (χ3n) is 4.62.